The van der Waals surface area contributed by atoms with Crippen LogP contribution in [0.1, 0.15) is 30.1 Å². The fourth-order valence-electron chi connectivity index (χ4n) is 6.25. The Balaban J connectivity index is 1.42. The smallest absolute Gasteiger partial charge is 0.143 e. The van der Waals surface area contributed by atoms with Crippen LogP contribution in [0, 0.1) is 12.3 Å². The lowest BCUT2D eigenvalue weighted by Crippen LogP contribution is -2.59. The summed E-state index contributed by atoms with van der Waals surface area (Å²) in [6.45, 7) is 6.10. The van der Waals surface area contributed by atoms with E-state index in [9.17, 15) is 0 Å². The van der Waals surface area contributed by atoms with Crippen molar-refractivity contribution in [3.05, 3.63) is 47.9 Å². The van der Waals surface area contributed by atoms with Crippen LogP contribution in [0.15, 0.2) is 36.5 Å². The van der Waals surface area contributed by atoms with Gasteiger partial charge in [-0.3, -0.25) is 5.10 Å². The monoisotopic (exact) mass is 454 g/mol. The Kier molecular flexibility index (Phi) is 4.19. The first kappa shape index (κ1) is 20.1. The number of fused-ring (bicyclic) bond motifs is 2. The number of likely N-dealkylation sites (N-methyl/N-ethyl adjacent to an activating group) is 1. The van der Waals surface area contributed by atoms with Crippen molar-refractivity contribution in [2.24, 2.45) is 12.5 Å². The molecule has 0 atom stereocenters. The summed E-state index contributed by atoms with van der Waals surface area (Å²) in [7, 11) is 4.31. The average molecular weight is 455 g/mol. The summed E-state index contributed by atoms with van der Waals surface area (Å²) in [6.07, 6.45) is 4.38. The zero-order valence-electron chi connectivity index (χ0n) is 20.0. The van der Waals surface area contributed by atoms with E-state index >= 15 is 0 Å². The lowest BCUT2D eigenvalue weighted by molar-refractivity contribution is 0.0321. The first-order valence-corrected chi connectivity index (χ1v) is 12.2. The molecular weight excluding hydrogens is 424 g/mol. The second kappa shape index (κ2) is 7.09. The van der Waals surface area contributed by atoms with Crippen LogP contribution in [-0.4, -0.2) is 53.0 Å². The molecule has 7 heteroatoms. The summed E-state index contributed by atoms with van der Waals surface area (Å²) in [5.41, 5.74) is 8.42. The number of aryl methyl sites for hydroxylation is 1. The van der Waals surface area contributed by atoms with Gasteiger partial charge in [0.25, 0.3) is 0 Å². The van der Waals surface area contributed by atoms with E-state index in [0.717, 1.165) is 58.9 Å². The Labute approximate surface area is 199 Å². The molecule has 2 aromatic heterocycles. The summed E-state index contributed by atoms with van der Waals surface area (Å²) < 4.78 is 8.40. The van der Waals surface area contributed by atoms with Crippen molar-refractivity contribution in [2.75, 3.05) is 38.2 Å². The van der Waals surface area contributed by atoms with Crippen molar-refractivity contribution in [3.8, 4) is 28.3 Å². The third-order valence-electron chi connectivity index (χ3n) is 8.25. The van der Waals surface area contributed by atoms with Crippen molar-refractivity contribution < 1.29 is 4.74 Å². The first-order valence-electron chi connectivity index (χ1n) is 12.2. The van der Waals surface area contributed by atoms with Crippen molar-refractivity contribution in [3.63, 3.8) is 0 Å². The van der Waals surface area contributed by atoms with Crippen molar-refractivity contribution in [2.45, 2.75) is 25.7 Å². The maximum absolute atomic E-state index is 6.05. The fourth-order valence-corrected chi connectivity index (χ4v) is 6.25. The van der Waals surface area contributed by atoms with Gasteiger partial charge in [-0.1, -0.05) is 12.1 Å². The zero-order valence-corrected chi connectivity index (χ0v) is 20.0. The Morgan fingerprint density at radius 2 is 1.97 bits per heavy atom. The molecular formula is C27H30N6O. The van der Waals surface area contributed by atoms with Crippen molar-refractivity contribution in [1.29, 1.82) is 0 Å². The van der Waals surface area contributed by atoms with Crippen LogP contribution in [0.25, 0.3) is 33.4 Å². The maximum Gasteiger partial charge on any atom is 0.143 e. The van der Waals surface area contributed by atoms with Crippen LogP contribution in [-0.2, 0) is 7.05 Å². The molecule has 2 fully saturated rings. The highest BCUT2D eigenvalue weighted by Gasteiger charge is 2.50. The van der Waals surface area contributed by atoms with Crippen molar-refractivity contribution >= 4 is 16.6 Å². The largest absolute Gasteiger partial charge is 0.490 e. The lowest BCUT2D eigenvalue weighted by atomic mass is 9.58. The van der Waals surface area contributed by atoms with E-state index in [1.165, 1.54) is 29.8 Å². The molecule has 0 radical (unpaired) electrons. The minimum atomic E-state index is 0.502. The first-order chi connectivity index (χ1) is 16.5. The summed E-state index contributed by atoms with van der Waals surface area (Å²) in [5.74, 6) is 2.63. The highest BCUT2D eigenvalue weighted by molar-refractivity contribution is 5.99. The molecule has 2 aromatic carbocycles. The van der Waals surface area contributed by atoms with Gasteiger partial charge in [0.05, 0.1) is 35.3 Å². The standard InChI is InChI=1S/C27H30N6O/c1-16-4-6-20-19(13-29-31-20)23(16)25-24(17-5-7-21-22(10-17)34-9-8-32(21)2)30-26(33(25)3)18-11-27(12-18)14-28-15-27/h4-7,10,13,18,28H,8-9,11-12,14-15H2,1-3H3,(H,29,31). The van der Waals surface area contributed by atoms with Gasteiger partial charge in [-0.25, -0.2) is 4.98 Å². The van der Waals surface area contributed by atoms with Crippen LogP contribution in [0.4, 0.5) is 5.69 Å². The molecule has 174 valence electrons. The lowest BCUT2D eigenvalue weighted by Gasteiger charge is -2.54. The number of ether oxygens (including phenoxy) is 1. The Morgan fingerprint density at radius 1 is 1.12 bits per heavy atom. The molecule has 34 heavy (non-hydrogen) atoms. The Morgan fingerprint density at radius 3 is 2.76 bits per heavy atom. The van der Waals surface area contributed by atoms with E-state index in [2.05, 4.69) is 76.3 Å². The molecule has 3 aliphatic rings. The Bertz CT molecular complexity index is 1420. The van der Waals surface area contributed by atoms with Gasteiger partial charge in [0.2, 0.25) is 0 Å². The SMILES string of the molecule is Cc1ccc2[nH]ncc2c1-c1c(-c2ccc3c(c2)OCCN3C)nc(C2CC3(CNC3)C2)n1C. The van der Waals surface area contributed by atoms with Gasteiger partial charge >= 0.3 is 0 Å². The normalized spacial score (nSPS) is 19.1. The molecule has 1 saturated heterocycles. The van der Waals surface area contributed by atoms with Crippen LogP contribution >= 0.6 is 0 Å². The van der Waals surface area contributed by atoms with Gasteiger partial charge in [0.15, 0.2) is 0 Å². The predicted octanol–water partition coefficient (Wildman–Crippen LogP) is 4.23. The van der Waals surface area contributed by atoms with Gasteiger partial charge in [-0.05, 0) is 48.9 Å². The van der Waals surface area contributed by atoms with Gasteiger partial charge in [0, 0.05) is 49.6 Å². The highest BCUT2D eigenvalue weighted by Crippen LogP contribution is 2.54. The van der Waals surface area contributed by atoms with Crippen LogP contribution in [0.5, 0.6) is 5.75 Å². The third kappa shape index (κ3) is 2.79. The van der Waals surface area contributed by atoms with E-state index in [-0.39, 0.29) is 0 Å². The third-order valence-corrected chi connectivity index (χ3v) is 8.25. The number of hydrogen-bond donors (Lipinski definition) is 2. The van der Waals surface area contributed by atoms with Crippen LogP contribution in [0.2, 0.25) is 0 Å². The van der Waals surface area contributed by atoms with E-state index in [1.807, 2.05) is 6.20 Å². The summed E-state index contributed by atoms with van der Waals surface area (Å²) in [4.78, 5) is 7.60. The molecule has 1 saturated carbocycles. The summed E-state index contributed by atoms with van der Waals surface area (Å²) >= 11 is 0. The number of benzene rings is 2. The highest BCUT2D eigenvalue weighted by atomic mass is 16.5. The fraction of sp³-hybridized carbons (Fsp3) is 0.407. The molecule has 2 N–H and O–H groups in total. The number of anilines is 1. The second-order valence-corrected chi connectivity index (χ2v) is 10.5. The van der Waals surface area contributed by atoms with E-state index in [0.29, 0.717) is 17.9 Å². The number of aromatic amines is 1. The molecule has 4 heterocycles. The minimum Gasteiger partial charge on any atom is -0.490 e. The molecule has 1 aliphatic carbocycles. The van der Waals surface area contributed by atoms with Gasteiger partial charge in [-0.15, -0.1) is 0 Å². The van der Waals surface area contributed by atoms with Gasteiger partial charge < -0.3 is 19.5 Å². The van der Waals surface area contributed by atoms with Crippen LogP contribution < -0.4 is 15.0 Å². The molecule has 7 rings (SSSR count). The number of aromatic nitrogens is 4. The number of rotatable bonds is 3. The number of nitrogens with zero attached hydrogens (tertiary/aromatic N) is 4. The molecule has 0 bridgehead atoms. The predicted molar refractivity (Wildman–Crippen MR) is 135 cm³/mol. The van der Waals surface area contributed by atoms with Gasteiger partial charge in [0.1, 0.15) is 18.2 Å². The molecule has 1 spiro atoms. The van der Waals surface area contributed by atoms with Crippen molar-refractivity contribution in [1.82, 2.24) is 25.1 Å². The molecule has 0 unspecified atom stereocenters. The summed E-state index contributed by atoms with van der Waals surface area (Å²) in [5, 5.41) is 12.1. The summed E-state index contributed by atoms with van der Waals surface area (Å²) in [6, 6.07) is 10.8. The van der Waals surface area contributed by atoms with Crippen LogP contribution in [0.3, 0.4) is 0 Å². The van der Waals surface area contributed by atoms with E-state index in [1.54, 1.807) is 0 Å². The quantitative estimate of drug-likeness (QED) is 0.485. The number of imidazole rings is 1. The zero-order chi connectivity index (χ0) is 23.0. The molecule has 2 aliphatic heterocycles. The topological polar surface area (TPSA) is 71.0 Å². The maximum atomic E-state index is 6.05. The number of nitrogens with one attached hydrogen (secondary N) is 2. The average Bonchev–Trinajstić information content (AvgIpc) is 3.37. The minimum absolute atomic E-state index is 0.502. The Hall–Kier alpha value is -3.32. The molecule has 4 aromatic rings. The molecule has 0 amide bonds. The number of H-pyrrole nitrogens is 1. The van der Waals surface area contributed by atoms with Gasteiger partial charge in [-0.2, -0.15) is 5.10 Å². The second-order valence-electron chi connectivity index (χ2n) is 10.5. The van der Waals surface area contributed by atoms with E-state index < -0.39 is 0 Å². The van der Waals surface area contributed by atoms with E-state index in [4.69, 9.17) is 9.72 Å². The number of hydrogen-bond acceptors (Lipinski definition) is 5. The molecule has 7 nitrogen and oxygen atoms in total.